The zero-order chi connectivity index (χ0) is 27.5. The first-order valence-corrected chi connectivity index (χ1v) is 13.4. The summed E-state index contributed by atoms with van der Waals surface area (Å²) >= 11 is 0. The molecule has 3 aliphatic heterocycles. The molecule has 1 spiro atoms. The van der Waals surface area contributed by atoms with Gasteiger partial charge in [0.25, 0.3) is 0 Å². The van der Waals surface area contributed by atoms with E-state index in [1.165, 1.54) is 0 Å². The van der Waals surface area contributed by atoms with Crippen molar-refractivity contribution in [3.63, 3.8) is 0 Å². The van der Waals surface area contributed by atoms with Crippen LogP contribution in [0.15, 0.2) is 11.6 Å². The molecule has 5 fully saturated rings. The second-order valence-corrected chi connectivity index (χ2v) is 12.5. The largest absolute Gasteiger partial charge is 0.462 e. The summed E-state index contributed by atoms with van der Waals surface area (Å²) < 4.78 is 23.4. The third-order valence-electron chi connectivity index (χ3n) is 10.9. The molecule has 214 valence electrons. The number of carbonyl (C=O) groups excluding carboxylic acids is 1. The average Bonchev–Trinajstić information content (AvgIpc) is 3.18. The Morgan fingerprint density at radius 1 is 1.11 bits per heavy atom. The van der Waals surface area contributed by atoms with E-state index in [9.17, 15) is 40.5 Å². The molecule has 2 saturated carbocycles. The molecule has 0 aromatic heterocycles. The molecule has 12 heteroatoms. The van der Waals surface area contributed by atoms with Crippen LogP contribution in [0.5, 0.6) is 0 Å². The number of rotatable bonds is 3. The number of fused-ring (bicyclic) bond motifs is 1. The van der Waals surface area contributed by atoms with Crippen LogP contribution in [0.3, 0.4) is 0 Å². The van der Waals surface area contributed by atoms with Gasteiger partial charge in [-0.05, 0) is 31.1 Å². The van der Waals surface area contributed by atoms with E-state index in [-0.39, 0.29) is 30.8 Å². The van der Waals surface area contributed by atoms with Crippen molar-refractivity contribution < 1.29 is 59.5 Å². The fourth-order valence-electron chi connectivity index (χ4n) is 9.13. The van der Waals surface area contributed by atoms with E-state index in [0.29, 0.717) is 6.42 Å². The molecular weight excluding hydrogens is 504 g/mol. The quantitative estimate of drug-likeness (QED) is 0.150. The maximum absolute atomic E-state index is 12.6. The molecule has 0 aromatic rings. The lowest BCUT2D eigenvalue weighted by atomic mass is 9.38. The fraction of sp³-hybridized carbons (Fsp3) is 0.885. The molecule has 12 nitrogen and oxygen atoms in total. The van der Waals surface area contributed by atoms with E-state index < -0.39 is 90.2 Å². The summed E-state index contributed by atoms with van der Waals surface area (Å²) in [4.78, 5) is 12.6. The second kappa shape index (κ2) is 8.65. The van der Waals surface area contributed by atoms with Gasteiger partial charge in [0, 0.05) is 23.2 Å². The van der Waals surface area contributed by atoms with Crippen molar-refractivity contribution in [2.75, 3.05) is 13.2 Å². The van der Waals surface area contributed by atoms with Crippen molar-refractivity contribution in [3.8, 4) is 0 Å². The van der Waals surface area contributed by atoms with Crippen LogP contribution in [0, 0.1) is 34.5 Å². The Morgan fingerprint density at radius 2 is 1.82 bits per heavy atom. The van der Waals surface area contributed by atoms with Crippen LogP contribution in [0.4, 0.5) is 0 Å². The van der Waals surface area contributed by atoms with Gasteiger partial charge >= 0.3 is 5.97 Å². The first kappa shape index (κ1) is 27.0. The number of aliphatic hydroxyl groups excluding tert-OH is 6. The summed E-state index contributed by atoms with van der Waals surface area (Å²) in [5, 5.41) is 75.6. The summed E-state index contributed by atoms with van der Waals surface area (Å²) in [6.45, 7) is 4.89. The van der Waals surface area contributed by atoms with E-state index in [4.69, 9.17) is 18.9 Å². The second-order valence-electron chi connectivity index (χ2n) is 12.5. The van der Waals surface area contributed by atoms with Crippen molar-refractivity contribution in [1.82, 2.24) is 0 Å². The zero-order valence-corrected chi connectivity index (χ0v) is 21.6. The monoisotopic (exact) mass is 542 g/mol. The Morgan fingerprint density at radius 3 is 2.50 bits per heavy atom. The number of ether oxygens (including phenoxy) is 4. The molecule has 0 amide bonds. The standard InChI is InChI=1S/C26H38O12/c1-9-4-13(36-22-19(31)18(30)17(29)14(7-27)37-22)21(33)24(3)11(9)5-15-25-8-35-26(34,23(24)25)20(32)10(2)12(25)6-16(28)38-15/h4,10-15,17-23,27,29-34H,5-8H2,1-3H3/t10-,11+,12+,13+,14-,15-,17-,18+,19-,20-,21-,22-,23-,24-,25-,26+/m1/s1. The van der Waals surface area contributed by atoms with Gasteiger partial charge in [-0.25, -0.2) is 0 Å². The molecule has 3 aliphatic carbocycles. The Kier molecular flexibility index (Phi) is 6.15. The van der Waals surface area contributed by atoms with Gasteiger partial charge in [0.05, 0.1) is 19.3 Å². The van der Waals surface area contributed by atoms with Gasteiger partial charge in [-0.2, -0.15) is 0 Å². The first-order valence-electron chi connectivity index (χ1n) is 13.4. The molecule has 2 bridgehead atoms. The van der Waals surface area contributed by atoms with Crippen molar-refractivity contribution in [2.45, 2.75) is 94.5 Å². The molecule has 3 heterocycles. The predicted octanol–water partition coefficient (Wildman–Crippen LogP) is -2.22. The minimum Gasteiger partial charge on any atom is -0.462 e. The molecule has 0 radical (unpaired) electrons. The van der Waals surface area contributed by atoms with Crippen LogP contribution in [0.2, 0.25) is 0 Å². The van der Waals surface area contributed by atoms with Crippen molar-refractivity contribution in [1.29, 1.82) is 0 Å². The summed E-state index contributed by atoms with van der Waals surface area (Å²) in [7, 11) is 0. The van der Waals surface area contributed by atoms with Gasteiger partial charge in [-0.1, -0.05) is 25.5 Å². The van der Waals surface area contributed by atoms with E-state index in [2.05, 4.69) is 0 Å². The lowest BCUT2D eigenvalue weighted by molar-refractivity contribution is -0.348. The Balaban J connectivity index is 1.40. The molecular formula is C26H38O12. The highest BCUT2D eigenvalue weighted by molar-refractivity contribution is 5.71. The minimum absolute atomic E-state index is 0.0637. The predicted molar refractivity (Wildman–Crippen MR) is 125 cm³/mol. The summed E-state index contributed by atoms with van der Waals surface area (Å²) in [5.74, 6) is -4.33. The highest BCUT2D eigenvalue weighted by Gasteiger charge is 2.81. The molecule has 6 rings (SSSR count). The molecule has 16 atom stereocenters. The topological polar surface area (TPSA) is 196 Å². The lowest BCUT2D eigenvalue weighted by Gasteiger charge is -2.68. The van der Waals surface area contributed by atoms with Crippen molar-refractivity contribution in [3.05, 3.63) is 11.6 Å². The van der Waals surface area contributed by atoms with Crippen LogP contribution >= 0.6 is 0 Å². The first-order chi connectivity index (χ1) is 17.8. The van der Waals surface area contributed by atoms with Crippen LogP contribution in [0.25, 0.3) is 0 Å². The SMILES string of the molecule is CC1=C[C@H](O[C@@H]2O[C@H](CO)[C@@H](O)[C@H](O)[C@H]2O)[C@@H](O)[C@]2(C)[C@H]3[C@@]4(O)OC[C@@]35[C@@H](C[C@@H]12)OC(=O)C[C@H]5[C@@H](C)[C@H]4O. The number of aliphatic hydroxyl groups is 7. The fourth-order valence-corrected chi connectivity index (χ4v) is 9.13. The molecule has 7 N–H and O–H groups in total. The highest BCUT2D eigenvalue weighted by Crippen LogP contribution is 2.73. The van der Waals surface area contributed by atoms with Crippen molar-refractivity contribution >= 4 is 5.97 Å². The summed E-state index contributed by atoms with van der Waals surface area (Å²) in [6.07, 6.45) is -9.62. The van der Waals surface area contributed by atoms with E-state index in [1.54, 1.807) is 13.0 Å². The van der Waals surface area contributed by atoms with Gasteiger partial charge in [0.1, 0.15) is 42.7 Å². The van der Waals surface area contributed by atoms with E-state index in [1.807, 2.05) is 13.8 Å². The van der Waals surface area contributed by atoms with Crippen LogP contribution in [-0.2, 0) is 23.7 Å². The van der Waals surface area contributed by atoms with E-state index in [0.717, 1.165) is 5.57 Å². The number of allylic oxidation sites excluding steroid dienone is 1. The van der Waals surface area contributed by atoms with Gasteiger partial charge in [-0.15, -0.1) is 0 Å². The zero-order valence-electron chi connectivity index (χ0n) is 21.6. The summed E-state index contributed by atoms with van der Waals surface area (Å²) in [6, 6.07) is 0. The van der Waals surface area contributed by atoms with E-state index >= 15 is 0 Å². The molecule has 0 unspecified atom stereocenters. The Bertz CT molecular complexity index is 1020. The third-order valence-corrected chi connectivity index (χ3v) is 10.9. The van der Waals surface area contributed by atoms with Gasteiger partial charge < -0.3 is 54.7 Å². The number of esters is 1. The molecule has 0 aromatic carbocycles. The van der Waals surface area contributed by atoms with Gasteiger partial charge in [0.15, 0.2) is 12.1 Å². The maximum Gasteiger partial charge on any atom is 0.306 e. The Labute approximate surface area is 219 Å². The third kappa shape index (κ3) is 3.18. The Hall–Kier alpha value is -1.19. The molecule has 3 saturated heterocycles. The van der Waals surface area contributed by atoms with Crippen LogP contribution in [0.1, 0.15) is 33.6 Å². The van der Waals surface area contributed by atoms with Gasteiger partial charge in [0.2, 0.25) is 0 Å². The number of hydrogen-bond acceptors (Lipinski definition) is 12. The highest BCUT2D eigenvalue weighted by atomic mass is 16.7. The molecule has 6 aliphatic rings. The molecule has 38 heavy (non-hydrogen) atoms. The van der Waals surface area contributed by atoms with Crippen LogP contribution in [-0.4, -0.2) is 116 Å². The normalized spacial score (nSPS) is 59.5. The summed E-state index contributed by atoms with van der Waals surface area (Å²) in [5.41, 5.74) is -1.17. The number of hydrogen-bond donors (Lipinski definition) is 7. The number of carbonyl (C=O) groups is 1. The van der Waals surface area contributed by atoms with Gasteiger partial charge in [-0.3, -0.25) is 4.79 Å². The maximum atomic E-state index is 12.6. The minimum atomic E-state index is -2.00. The average molecular weight is 543 g/mol. The lowest BCUT2D eigenvalue weighted by Crippen LogP contribution is -2.76. The van der Waals surface area contributed by atoms with Crippen LogP contribution < -0.4 is 0 Å². The van der Waals surface area contributed by atoms with Crippen molar-refractivity contribution in [2.24, 2.45) is 34.5 Å². The smallest absolute Gasteiger partial charge is 0.306 e.